The van der Waals surface area contributed by atoms with Gasteiger partial charge in [0.2, 0.25) is 0 Å². The molecular formula is C13H15FN2O5. The van der Waals surface area contributed by atoms with Crippen molar-refractivity contribution in [1.82, 2.24) is 0 Å². The van der Waals surface area contributed by atoms with Gasteiger partial charge in [-0.2, -0.15) is 0 Å². The van der Waals surface area contributed by atoms with E-state index in [4.69, 9.17) is 4.74 Å². The minimum atomic E-state index is -1.23. The summed E-state index contributed by atoms with van der Waals surface area (Å²) in [6, 6.07) is 1.94. The summed E-state index contributed by atoms with van der Waals surface area (Å²) in [5.41, 5.74) is -1.73. The first-order chi connectivity index (χ1) is 9.81. The number of nitro benzene ring substituents is 1. The molecule has 0 aliphatic carbocycles. The van der Waals surface area contributed by atoms with Crippen molar-refractivity contribution in [1.29, 1.82) is 0 Å². The van der Waals surface area contributed by atoms with Gasteiger partial charge < -0.3 is 14.7 Å². The van der Waals surface area contributed by atoms with E-state index in [2.05, 4.69) is 0 Å². The first kappa shape index (κ1) is 15.0. The van der Waals surface area contributed by atoms with E-state index in [-0.39, 0.29) is 11.4 Å². The van der Waals surface area contributed by atoms with Crippen LogP contribution in [0.5, 0.6) is 5.75 Å². The SMILES string of the molecule is COc1cc(N2CCCC2(C)C(=O)O)c(F)cc1[N+](=O)[O-]. The van der Waals surface area contributed by atoms with Gasteiger partial charge in [-0.1, -0.05) is 0 Å². The number of carbonyl (C=O) groups is 1. The molecule has 21 heavy (non-hydrogen) atoms. The zero-order valence-electron chi connectivity index (χ0n) is 11.6. The zero-order chi connectivity index (χ0) is 15.8. The van der Waals surface area contributed by atoms with Crippen LogP contribution in [0.25, 0.3) is 0 Å². The van der Waals surface area contributed by atoms with Crippen LogP contribution in [0.2, 0.25) is 0 Å². The molecule has 1 aliphatic heterocycles. The second kappa shape index (κ2) is 5.19. The van der Waals surface area contributed by atoms with Gasteiger partial charge in [0.15, 0.2) is 11.6 Å². The highest BCUT2D eigenvalue weighted by molar-refractivity contribution is 5.84. The normalized spacial score (nSPS) is 21.4. The third kappa shape index (κ3) is 2.37. The molecule has 1 unspecified atom stereocenters. The van der Waals surface area contributed by atoms with Gasteiger partial charge in [-0.3, -0.25) is 10.1 Å². The van der Waals surface area contributed by atoms with Crippen molar-refractivity contribution in [3.05, 3.63) is 28.1 Å². The Bertz CT molecular complexity index is 606. The zero-order valence-corrected chi connectivity index (χ0v) is 11.6. The summed E-state index contributed by atoms with van der Waals surface area (Å²) in [7, 11) is 1.24. The number of ether oxygens (including phenoxy) is 1. The maximum atomic E-state index is 14.2. The van der Waals surface area contributed by atoms with E-state index < -0.39 is 27.9 Å². The van der Waals surface area contributed by atoms with Gasteiger partial charge in [-0.05, 0) is 19.8 Å². The number of benzene rings is 1. The van der Waals surface area contributed by atoms with Gasteiger partial charge in [0.05, 0.1) is 23.8 Å². The molecule has 1 fully saturated rings. The Morgan fingerprint density at radius 2 is 2.24 bits per heavy atom. The first-order valence-electron chi connectivity index (χ1n) is 6.34. The van der Waals surface area contributed by atoms with Gasteiger partial charge in [-0.15, -0.1) is 0 Å². The van der Waals surface area contributed by atoms with Crippen LogP contribution in [0, 0.1) is 15.9 Å². The number of halogens is 1. The third-order valence-electron chi connectivity index (χ3n) is 3.84. The summed E-state index contributed by atoms with van der Waals surface area (Å²) in [5.74, 6) is -2.00. The molecule has 0 aromatic heterocycles. The topological polar surface area (TPSA) is 92.9 Å². The molecule has 2 rings (SSSR count). The minimum absolute atomic E-state index is 0.000139. The van der Waals surface area contributed by atoms with Crippen molar-refractivity contribution in [2.24, 2.45) is 0 Å². The molecule has 1 aliphatic rings. The molecule has 114 valence electrons. The molecule has 1 atom stereocenters. The Hall–Kier alpha value is -2.38. The molecule has 8 heteroatoms. The quantitative estimate of drug-likeness (QED) is 0.676. The van der Waals surface area contributed by atoms with Crippen molar-refractivity contribution >= 4 is 17.3 Å². The smallest absolute Gasteiger partial charge is 0.329 e. The number of anilines is 1. The van der Waals surface area contributed by atoms with Crippen LogP contribution in [0.15, 0.2) is 12.1 Å². The number of methoxy groups -OCH3 is 1. The number of carboxylic acids is 1. The molecule has 1 N–H and O–H groups in total. The largest absolute Gasteiger partial charge is 0.490 e. The summed E-state index contributed by atoms with van der Waals surface area (Å²) in [4.78, 5) is 23.0. The van der Waals surface area contributed by atoms with Gasteiger partial charge in [0.25, 0.3) is 0 Å². The van der Waals surface area contributed by atoms with E-state index in [1.54, 1.807) is 0 Å². The lowest BCUT2D eigenvalue weighted by molar-refractivity contribution is -0.385. The first-order valence-corrected chi connectivity index (χ1v) is 6.34. The highest BCUT2D eigenvalue weighted by Gasteiger charge is 2.44. The number of hydrogen-bond donors (Lipinski definition) is 1. The Kier molecular flexibility index (Phi) is 3.71. The van der Waals surface area contributed by atoms with E-state index in [0.29, 0.717) is 19.4 Å². The Labute approximate surface area is 120 Å². The molecule has 1 heterocycles. The van der Waals surface area contributed by atoms with Gasteiger partial charge in [-0.25, -0.2) is 9.18 Å². The van der Waals surface area contributed by atoms with Crippen LogP contribution in [0.4, 0.5) is 15.8 Å². The highest BCUT2D eigenvalue weighted by atomic mass is 19.1. The van der Waals surface area contributed by atoms with Crippen molar-refractivity contribution in [2.45, 2.75) is 25.3 Å². The second-order valence-corrected chi connectivity index (χ2v) is 5.07. The average Bonchev–Trinajstić information content (AvgIpc) is 2.81. The van der Waals surface area contributed by atoms with E-state index in [9.17, 15) is 24.4 Å². The van der Waals surface area contributed by atoms with E-state index >= 15 is 0 Å². The van der Waals surface area contributed by atoms with Gasteiger partial charge >= 0.3 is 11.7 Å². The molecule has 7 nitrogen and oxygen atoms in total. The van der Waals surface area contributed by atoms with E-state index in [1.807, 2.05) is 0 Å². The van der Waals surface area contributed by atoms with Crippen LogP contribution in [-0.2, 0) is 4.79 Å². The summed E-state index contributed by atoms with van der Waals surface area (Å²) in [5, 5.41) is 20.2. The van der Waals surface area contributed by atoms with Crippen LogP contribution in [-0.4, -0.2) is 35.2 Å². The molecule has 0 spiro atoms. The number of hydrogen-bond acceptors (Lipinski definition) is 5. The van der Waals surface area contributed by atoms with Gasteiger partial charge in [0, 0.05) is 12.6 Å². The van der Waals surface area contributed by atoms with Crippen LogP contribution >= 0.6 is 0 Å². The average molecular weight is 298 g/mol. The molecule has 0 amide bonds. The number of nitrogens with zero attached hydrogens (tertiary/aromatic N) is 2. The predicted molar refractivity (Wildman–Crippen MR) is 72.2 cm³/mol. The number of rotatable bonds is 4. The van der Waals surface area contributed by atoms with Gasteiger partial charge in [0.1, 0.15) is 5.54 Å². The molecule has 1 saturated heterocycles. The number of aliphatic carboxylic acids is 1. The minimum Gasteiger partial charge on any atom is -0.490 e. The van der Waals surface area contributed by atoms with Crippen molar-refractivity contribution < 1.29 is 24.0 Å². The lowest BCUT2D eigenvalue weighted by Crippen LogP contribution is -2.48. The molecule has 0 radical (unpaired) electrons. The molecule has 1 aromatic rings. The molecule has 0 saturated carbocycles. The summed E-state index contributed by atoms with van der Waals surface area (Å²) in [6.45, 7) is 1.87. The number of nitro groups is 1. The molecular weight excluding hydrogens is 283 g/mol. The predicted octanol–water partition coefficient (Wildman–Crippen LogP) is 2.19. The summed E-state index contributed by atoms with van der Waals surface area (Å²) < 4.78 is 19.1. The molecule has 1 aromatic carbocycles. The summed E-state index contributed by atoms with van der Waals surface area (Å²) in [6.07, 6.45) is 0.975. The van der Waals surface area contributed by atoms with E-state index in [0.717, 1.165) is 6.07 Å². The molecule has 0 bridgehead atoms. The fraction of sp³-hybridized carbons (Fsp3) is 0.462. The maximum absolute atomic E-state index is 14.2. The van der Waals surface area contributed by atoms with Crippen LogP contribution in [0.1, 0.15) is 19.8 Å². The Morgan fingerprint density at radius 3 is 2.76 bits per heavy atom. The van der Waals surface area contributed by atoms with Crippen molar-refractivity contribution in [3.8, 4) is 5.75 Å². The fourth-order valence-electron chi connectivity index (χ4n) is 2.62. The standard InChI is InChI=1S/C13H15FN2O5/c1-13(12(17)18)4-3-5-15(13)9-7-11(21-2)10(16(19)20)6-8(9)14/h6-7H,3-5H2,1-2H3,(H,17,18). The monoisotopic (exact) mass is 298 g/mol. The van der Waals surface area contributed by atoms with E-state index in [1.165, 1.54) is 25.0 Å². The van der Waals surface area contributed by atoms with Crippen LogP contribution in [0.3, 0.4) is 0 Å². The summed E-state index contributed by atoms with van der Waals surface area (Å²) >= 11 is 0. The number of carboxylic acid groups (broad SMARTS) is 1. The Morgan fingerprint density at radius 1 is 1.57 bits per heavy atom. The lowest BCUT2D eigenvalue weighted by Gasteiger charge is -2.33. The van der Waals surface area contributed by atoms with Crippen LogP contribution < -0.4 is 9.64 Å². The maximum Gasteiger partial charge on any atom is 0.329 e. The van der Waals surface area contributed by atoms with Crippen molar-refractivity contribution in [2.75, 3.05) is 18.6 Å². The highest BCUT2D eigenvalue weighted by Crippen LogP contribution is 2.40. The van der Waals surface area contributed by atoms with Crippen molar-refractivity contribution in [3.63, 3.8) is 0 Å². The Balaban J connectivity index is 2.54. The third-order valence-corrected chi connectivity index (χ3v) is 3.84. The fourth-order valence-corrected chi connectivity index (χ4v) is 2.62. The second-order valence-electron chi connectivity index (χ2n) is 5.07. The lowest BCUT2D eigenvalue weighted by atomic mass is 9.98.